The molecular weight excluding hydrogens is 235 g/mol. The lowest BCUT2D eigenvalue weighted by Crippen LogP contribution is -2.24. The van der Waals surface area contributed by atoms with Gasteiger partial charge in [-0.05, 0) is 24.6 Å². The molecule has 1 N–H and O–H groups in total. The number of hydrogen-bond acceptors (Lipinski definition) is 4. The van der Waals surface area contributed by atoms with Crippen LogP contribution < -0.4 is 10.1 Å². The summed E-state index contributed by atoms with van der Waals surface area (Å²) in [6.07, 6.45) is 3.75. The molecule has 1 aromatic heterocycles. The molecule has 0 saturated carbocycles. The minimum Gasteiger partial charge on any atom is -0.485 e. The van der Waals surface area contributed by atoms with Crippen molar-refractivity contribution >= 4 is 0 Å². The van der Waals surface area contributed by atoms with Gasteiger partial charge in [0.15, 0.2) is 12.2 Å². The molecule has 0 amide bonds. The fraction of sp³-hybridized carbons (Fsp3) is 0.308. The van der Waals surface area contributed by atoms with Crippen molar-refractivity contribution in [1.29, 1.82) is 0 Å². The molecular formula is C13H13FN2O2. The second kappa shape index (κ2) is 4.78. The number of oxazole rings is 1. The van der Waals surface area contributed by atoms with Crippen LogP contribution in [-0.4, -0.2) is 11.5 Å². The van der Waals surface area contributed by atoms with Gasteiger partial charge in [0.2, 0.25) is 0 Å². The van der Waals surface area contributed by atoms with Gasteiger partial charge in [0, 0.05) is 18.2 Å². The van der Waals surface area contributed by atoms with E-state index in [1.54, 1.807) is 6.20 Å². The summed E-state index contributed by atoms with van der Waals surface area (Å²) in [6.45, 7) is 1.72. The first-order valence-corrected chi connectivity index (χ1v) is 5.85. The minimum absolute atomic E-state index is 0.215. The summed E-state index contributed by atoms with van der Waals surface area (Å²) >= 11 is 0. The number of ether oxygens (including phenoxy) is 1. The SMILES string of the molecule is Fc1cc(OCc2cnco2)cc2c1CNCC2. The van der Waals surface area contributed by atoms with E-state index < -0.39 is 0 Å². The number of benzene rings is 1. The molecule has 94 valence electrons. The van der Waals surface area contributed by atoms with Gasteiger partial charge < -0.3 is 14.5 Å². The second-order valence-corrected chi connectivity index (χ2v) is 4.23. The molecule has 2 heterocycles. The number of nitrogens with zero attached hydrogens (tertiary/aromatic N) is 1. The quantitative estimate of drug-likeness (QED) is 0.903. The van der Waals surface area contributed by atoms with Gasteiger partial charge in [0.05, 0.1) is 6.20 Å². The molecule has 3 rings (SSSR count). The number of rotatable bonds is 3. The van der Waals surface area contributed by atoms with E-state index in [4.69, 9.17) is 9.15 Å². The molecule has 0 bridgehead atoms. The summed E-state index contributed by atoms with van der Waals surface area (Å²) in [5.74, 6) is 0.937. The van der Waals surface area contributed by atoms with Crippen molar-refractivity contribution in [2.75, 3.05) is 6.54 Å². The average Bonchev–Trinajstić information content (AvgIpc) is 2.90. The van der Waals surface area contributed by atoms with Crippen LogP contribution in [0.15, 0.2) is 29.1 Å². The van der Waals surface area contributed by atoms with Crippen LogP contribution in [0.2, 0.25) is 0 Å². The Morgan fingerprint density at radius 1 is 1.44 bits per heavy atom. The highest BCUT2D eigenvalue weighted by atomic mass is 19.1. The maximum atomic E-state index is 13.8. The van der Waals surface area contributed by atoms with Crippen LogP contribution in [-0.2, 0) is 19.6 Å². The van der Waals surface area contributed by atoms with Crippen LogP contribution in [0.3, 0.4) is 0 Å². The van der Waals surface area contributed by atoms with Crippen LogP contribution in [0, 0.1) is 5.82 Å². The van der Waals surface area contributed by atoms with Crippen LogP contribution >= 0.6 is 0 Å². The van der Waals surface area contributed by atoms with Gasteiger partial charge >= 0.3 is 0 Å². The van der Waals surface area contributed by atoms with E-state index >= 15 is 0 Å². The molecule has 1 aromatic carbocycles. The van der Waals surface area contributed by atoms with Crippen LogP contribution in [0.1, 0.15) is 16.9 Å². The summed E-state index contributed by atoms with van der Waals surface area (Å²) in [4.78, 5) is 3.79. The van der Waals surface area contributed by atoms with E-state index in [1.165, 1.54) is 12.5 Å². The Bertz CT molecular complexity index is 540. The zero-order valence-electron chi connectivity index (χ0n) is 9.78. The zero-order valence-corrected chi connectivity index (χ0v) is 9.78. The van der Waals surface area contributed by atoms with Crippen molar-refractivity contribution in [1.82, 2.24) is 10.3 Å². The third kappa shape index (κ3) is 2.22. The lowest BCUT2D eigenvalue weighted by atomic mass is 10.0. The van der Waals surface area contributed by atoms with Crippen LogP contribution in [0.4, 0.5) is 4.39 Å². The van der Waals surface area contributed by atoms with Crippen LogP contribution in [0.25, 0.3) is 0 Å². The van der Waals surface area contributed by atoms with Crippen molar-refractivity contribution in [3.8, 4) is 5.75 Å². The third-order valence-electron chi connectivity index (χ3n) is 3.00. The number of hydrogen-bond donors (Lipinski definition) is 1. The molecule has 0 spiro atoms. The Morgan fingerprint density at radius 3 is 3.22 bits per heavy atom. The van der Waals surface area contributed by atoms with E-state index in [2.05, 4.69) is 10.3 Å². The van der Waals surface area contributed by atoms with Crippen molar-refractivity contribution in [3.63, 3.8) is 0 Å². The highest BCUT2D eigenvalue weighted by molar-refractivity contribution is 5.38. The molecule has 0 unspecified atom stereocenters. The van der Waals surface area contributed by atoms with E-state index in [1.807, 2.05) is 6.07 Å². The fourth-order valence-electron chi connectivity index (χ4n) is 2.07. The number of nitrogens with one attached hydrogen (secondary N) is 1. The average molecular weight is 248 g/mol. The molecule has 1 aliphatic heterocycles. The van der Waals surface area contributed by atoms with Gasteiger partial charge in [-0.3, -0.25) is 0 Å². The lowest BCUT2D eigenvalue weighted by molar-refractivity contribution is 0.268. The highest BCUT2D eigenvalue weighted by Gasteiger charge is 2.15. The molecule has 0 aliphatic carbocycles. The fourth-order valence-corrected chi connectivity index (χ4v) is 2.07. The van der Waals surface area contributed by atoms with E-state index in [9.17, 15) is 4.39 Å². The topological polar surface area (TPSA) is 47.3 Å². The minimum atomic E-state index is -0.215. The lowest BCUT2D eigenvalue weighted by Gasteiger charge is -2.18. The Hall–Kier alpha value is -1.88. The predicted octanol–water partition coefficient (Wildman–Crippen LogP) is 2.04. The molecule has 1 aliphatic rings. The van der Waals surface area contributed by atoms with Gasteiger partial charge in [-0.2, -0.15) is 0 Å². The van der Waals surface area contributed by atoms with E-state index in [0.29, 0.717) is 18.1 Å². The standard InChI is InChI=1S/C13H13FN2O2/c14-13-4-10(17-7-11-5-16-8-18-11)3-9-1-2-15-6-12(9)13/h3-5,8,15H,1-2,6-7H2. The van der Waals surface area contributed by atoms with E-state index in [0.717, 1.165) is 24.1 Å². The van der Waals surface area contributed by atoms with Gasteiger partial charge in [0.1, 0.15) is 18.2 Å². The van der Waals surface area contributed by atoms with Gasteiger partial charge in [-0.1, -0.05) is 0 Å². The summed E-state index contributed by atoms with van der Waals surface area (Å²) in [5.41, 5.74) is 1.76. The first-order valence-electron chi connectivity index (χ1n) is 5.85. The zero-order chi connectivity index (χ0) is 12.4. The summed E-state index contributed by atoms with van der Waals surface area (Å²) < 4.78 is 24.4. The first kappa shape index (κ1) is 11.2. The monoisotopic (exact) mass is 248 g/mol. The molecule has 2 aromatic rings. The summed E-state index contributed by atoms with van der Waals surface area (Å²) in [5, 5.41) is 3.15. The predicted molar refractivity (Wildman–Crippen MR) is 62.6 cm³/mol. The molecule has 18 heavy (non-hydrogen) atoms. The normalized spacial score (nSPS) is 14.3. The Kier molecular flexibility index (Phi) is 2.98. The van der Waals surface area contributed by atoms with Crippen molar-refractivity contribution in [3.05, 3.63) is 47.4 Å². The Labute approximate surface area is 104 Å². The number of fused-ring (bicyclic) bond motifs is 1. The second-order valence-electron chi connectivity index (χ2n) is 4.23. The highest BCUT2D eigenvalue weighted by Crippen LogP contribution is 2.24. The maximum absolute atomic E-state index is 13.8. The summed E-state index contributed by atoms with van der Waals surface area (Å²) in [6, 6.07) is 3.32. The Balaban J connectivity index is 1.78. The van der Waals surface area contributed by atoms with Gasteiger partial charge in [-0.15, -0.1) is 0 Å². The van der Waals surface area contributed by atoms with Gasteiger partial charge in [-0.25, -0.2) is 9.37 Å². The molecule has 0 radical (unpaired) electrons. The number of aromatic nitrogens is 1. The number of halogens is 1. The maximum Gasteiger partial charge on any atom is 0.181 e. The van der Waals surface area contributed by atoms with E-state index in [-0.39, 0.29) is 12.4 Å². The van der Waals surface area contributed by atoms with Crippen molar-refractivity contribution < 1.29 is 13.5 Å². The van der Waals surface area contributed by atoms with Crippen LogP contribution in [0.5, 0.6) is 5.75 Å². The Morgan fingerprint density at radius 2 is 2.39 bits per heavy atom. The largest absolute Gasteiger partial charge is 0.485 e. The van der Waals surface area contributed by atoms with Crippen molar-refractivity contribution in [2.45, 2.75) is 19.6 Å². The summed E-state index contributed by atoms with van der Waals surface area (Å²) in [7, 11) is 0. The smallest absolute Gasteiger partial charge is 0.181 e. The first-order chi connectivity index (χ1) is 8.83. The van der Waals surface area contributed by atoms with Crippen molar-refractivity contribution in [2.24, 2.45) is 0 Å². The molecule has 4 nitrogen and oxygen atoms in total. The molecule has 0 atom stereocenters. The third-order valence-corrected chi connectivity index (χ3v) is 3.00. The van der Waals surface area contributed by atoms with Gasteiger partial charge in [0.25, 0.3) is 0 Å². The molecule has 5 heteroatoms. The molecule has 0 fully saturated rings. The molecule has 0 saturated heterocycles.